The third-order valence-corrected chi connectivity index (χ3v) is 6.02. The fraction of sp³-hybridized carbons (Fsp3) is 0.138. The van der Waals surface area contributed by atoms with Crippen molar-refractivity contribution in [2.24, 2.45) is 0 Å². The van der Waals surface area contributed by atoms with Crippen LogP contribution in [0.3, 0.4) is 0 Å². The number of hydrogen-bond acceptors (Lipinski definition) is 5. The minimum atomic E-state index is -0.402. The van der Waals surface area contributed by atoms with Crippen LogP contribution in [0.4, 0.5) is 11.4 Å². The van der Waals surface area contributed by atoms with Gasteiger partial charge in [-0.1, -0.05) is 42.5 Å². The van der Waals surface area contributed by atoms with E-state index in [0.717, 1.165) is 28.3 Å². The number of fused-ring (bicyclic) bond motifs is 1. The molecule has 1 heterocycles. The van der Waals surface area contributed by atoms with Crippen LogP contribution in [0, 0.1) is 0 Å². The lowest BCUT2D eigenvalue weighted by Crippen LogP contribution is -2.43. The number of para-hydroxylation sites is 2. The van der Waals surface area contributed by atoms with Crippen LogP contribution in [0.1, 0.15) is 27.7 Å². The van der Waals surface area contributed by atoms with Crippen LogP contribution in [-0.4, -0.2) is 20.1 Å². The monoisotopic (exact) mass is 466 g/mol. The summed E-state index contributed by atoms with van der Waals surface area (Å²) in [4.78, 5) is 15.4. The van der Waals surface area contributed by atoms with Gasteiger partial charge in [-0.2, -0.15) is 0 Å². The van der Waals surface area contributed by atoms with Crippen molar-refractivity contribution in [1.29, 1.82) is 0 Å². The Labute approximate surface area is 204 Å². The van der Waals surface area contributed by atoms with Crippen LogP contribution < -0.4 is 24.4 Å². The van der Waals surface area contributed by atoms with Gasteiger partial charge in [-0.3, -0.25) is 9.69 Å². The second-order valence-corrected chi connectivity index (χ2v) is 8.14. The summed E-state index contributed by atoms with van der Waals surface area (Å²) in [5.41, 5.74) is 4.05. The Morgan fingerprint density at radius 2 is 1.57 bits per heavy atom. The van der Waals surface area contributed by atoms with Crippen molar-refractivity contribution in [3.05, 3.63) is 114 Å². The van der Waals surface area contributed by atoms with Gasteiger partial charge in [0, 0.05) is 23.0 Å². The third kappa shape index (κ3) is 4.51. The number of carbonyl (C=O) groups is 1. The normalized spacial score (nSPS) is 14.6. The number of amides is 1. The van der Waals surface area contributed by atoms with Gasteiger partial charge in [-0.25, -0.2) is 0 Å². The maximum Gasteiger partial charge on any atom is 0.262 e. The van der Waals surface area contributed by atoms with Crippen LogP contribution in [0.15, 0.2) is 97.1 Å². The summed E-state index contributed by atoms with van der Waals surface area (Å²) in [5, 5.41) is 3.55. The van der Waals surface area contributed by atoms with Gasteiger partial charge < -0.3 is 19.5 Å². The molecule has 0 aliphatic carbocycles. The van der Waals surface area contributed by atoms with E-state index in [2.05, 4.69) is 5.32 Å². The van der Waals surface area contributed by atoms with E-state index < -0.39 is 6.17 Å². The molecule has 35 heavy (non-hydrogen) atoms. The van der Waals surface area contributed by atoms with E-state index in [1.165, 1.54) is 0 Å². The zero-order valence-electron chi connectivity index (χ0n) is 19.6. The molecule has 1 aliphatic rings. The molecule has 5 rings (SSSR count). The smallest absolute Gasteiger partial charge is 0.262 e. The molecule has 4 aromatic rings. The number of nitrogens with one attached hydrogen (secondary N) is 1. The van der Waals surface area contributed by atoms with Gasteiger partial charge in [-0.05, 0) is 54.1 Å². The highest BCUT2D eigenvalue weighted by Gasteiger charge is 2.34. The van der Waals surface area contributed by atoms with Gasteiger partial charge in [0.15, 0.2) is 0 Å². The number of methoxy groups -OCH3 is 2. The molecule has 0 saturated heterocycles. The van der Waals surface area contributed by atoms with E-state index in [1.54, 1.807) is 19.1 Å². The molecule has 1 aliphatic heterocycles. The Hall–Kier alpha value is -4.45. The standard InChI is InChI=1S/C29H26N2O4/c1-33-23-11-8-12-24(18-23)35-19-21-17-20(15-16-27(21)34-2)28-30-26-14-7-6-13-25(26)29(32)31(28)22-9-4-3-5-10-22/h3-18,28,30H,19H2,1-2H3/t28-/m0/s1. The van der Waals surface area contributed by atoms with E-state index >= 15 is 0 Å². The first kappa shape index (κ1) is 22.3. The van der Waals surface area contributed by atoms with Crippen LogP contribution in [0.2, 0.25) is 0 Å². The summed E-state index contributed by atoms with van der Waals surface area (Å²) in [6, 6.07) is 30.7. The maximum absolute atomic E-state index is 13.6. The molecule has 1 atom stereocenters. The molecular weight excluding hydrogens is 440 g/mol. The zero-order chi connectivity index (χ0) is 24.2. The number of hydrogen-bond donors (Lipinski definition) is 1. The molecule has 0 unspecified atom stereocenters. The first-order valence-corrected chi connectivity index (χ1v) is 11.4. The first-order chi connectivity index (χ1) is 17.2. The highest BCUT2D eigenvalue weighted by atomic mass is 16.5. The molecule has 0 spiro atoms. The van der Waals surface area contributed by atoms with Crippen molar-refractivity contribution in [2.45, 2.75) is 12.8 Å². The largest absolute Gasteiger partial charge is 0.497 e. The number of rotatable bonds is 7. The second-order valence-electron chi connectivity index (χ2n) is 8.14. The lowest BCUT2D eigenvalue weighted by atomic mass is 10.0. The minimum absolute atomic E-state index is 0.0550. The Kier molecular flexibility index (Phi) is 6.26. The van der Waals surface area contributed by atoms with Crippen LogP contribution >= 0.6 is 0 Å². The maximum atomic E-state index is 13.6. The van der Waals surface area contributed by atoms with Crippen LogP contribution in [0.25, 0.3) is 0 Å². The minimum Gasteiger partial charge on any atom is -0.497 e. The Bertz CT molecular complexity index is 1340. The van der Waals surface area contributed by atoms with Gasteiger partial charge in [0.1, 0.15) is 30.0 Å². The average Bonchev–Trinajstić information content (AvgIpc) is 2.92. The van der Waals surface area contributed by atoms with Gasteiger partial charge >= 0.3 is 0 Å². The zero-order valence-corrected chi connectivity index (χ0v) is 19.6. The van der Waals surface area contributed by atoms with E-state index in [4.69, 9.17) is 14.2 Å². The van der Waals surface area contributed by atoms with Crippen molar-refractivity contribution in [1.82, 2.24) is 0 Å². The summed E-state index contributed by atoms with van der Waals surface area (Å²) in [6.45, 7) is 0.298. The van der Waals surface area contributed by atoms with Gasteiger partial charge in [0.05, 0.1) is 19.8 Å². The molecule has 0 radical (unpaired) electrons. The number of anilines is 2. The number of carbonyl (C=O) groups excluding carboxylic acids is 1. The average molecular weight is 467 g/mol. The molecule has 6 nitrogen and oxygen atoms in total. The summed E-state index contributed by atoms with van der Waals surface area (Å²) < 4.78 is 16.9. The predicted octanol–water partition coefficient (Wildman–Crippen LogP) is 6.05. The molecular formula is C29H26N2O4. The highest BCUT2D eigenvalue weighted by molar-refractivity contribution is 6.12. The summed E-state index contributed by atoms with van der Waals surface area (Å²) in [7, 11) is 3.26. The van der Waals surface area contributed by atoms with Gasteiger partial charge in [-0.15, -0.1) is 0 Å². The quantitative estimate of drug-likeness (QED) is 0.359. The molecule has 0 aromatic heterocycles. The molecule has 4 aromatic carbocycles. The van der Waals surface area contributed by atoms with Crippen LogP contribution in [0.5, 0.6) is 17.2 Å². The number of benzene rings is 4. The number of ether oxygens (including phenoxy) is 3. The molecule has 0 saturated carbocycles. The van der Waals surface area contributed by atoms with E-state index in [9.17, 15) is 4.79 Å². The Morgan fingerprint density at radius 3 is 2.37 bits per heavy atom. The van der Waals surface area contributed by atoms with Gasteiger partial charge in [0.25, 0.3) is 5.91 Å². The van der Waals surface area contributed by atoms with Crippen molar-refractivity contribution in [3.63, 3.8) is 0 Å². The highest BCUT2D eigenvalue weighted by Crippen LogP contribution is 2.38. The van der Waals surface area contributed by atoms with E-state index in [-0.39, 0.29) is 5.91 Å². The Morgan fingerprint density at radius 1 is 0.800 bits per heavy atom. The van der Waals surface area contributed by atoms with E-state index in [1.807, 2.05) is 97.1 Å². The summed E-state index contributed by atoms with van der Waals surface area (Å²) >= 11 is 0. The number of nitrogens with zero attached hydrogens (tertiary/aromatic N) is 1. The van der Waals surface area contributed by atoms with Crippen molar-refractivity contribution in [3.8, 4) is 17.2 Å². The lowest BCUT2D eigenvalue weighted by molar-refractivity contribution is 0.0975. The lowest BCUT2D eigenvalue weighted by Gasteiger charge is -2.38. The van der Waals surface area contributed by atoms with Crippen molar-refractivity contribution < 1.29 is 19.0 Å². The van der Waals surface area contributed by atoms with Crippen molar-refractivity contribution in [2.75, 3.05) is 24.4 Å². The predicted molar refractivity (Wildman–Crippen MR) is 136 cm³/mol. The fourth-order valence-corrected chi connectivity index (χ4v) is 4.28. The third-order valence-electron chi connectivity index (χ3n) is 6.02. The molecule has 0 fully saturated rings. The fourth-order valence-electron chi connectivity index (χ4n) is 4.28. The molecule has 0 bridgehead atoms. The second kappa shape index (κ2) is 9.81. The molecule has 1 N–H and O–H groups in total. The molecule has 176 valence electrons. The first-order valence-electron chi connectivity index (χ1n) is 11.4. The summed E-state index contributed by atoms with van der Waals surface area (Å²) in [5.74, 6) is 2.08. The molecule has 6 heteroatoms. The Balaban J connectivity index is 1.51. The van der Waals surface area contributed by atoms with Gasteiger partial charge in [0.2, 0.25) is 0 Å². The van der Waals surface area contributed by atoms with E-state index in [0.29, 0.717) is 23.7 Å². The van der Waals surface area contributed by atoms with Crippen molar-refractivity contribution >= 4 is 17.3 Å². The summed E-state index contributed by atoms with van der Waals surface area (Å²) in [6.07, 6.45) is -0.402. The topological polar surface area (TPSA) is 60.0 Å². The molecule has 1 amide bonds. The SMILES string of the molecule is COc1cccc(OCc2cc([C@H]3Nc4ccccc4C(=O)N3c3ccccc3)ccc2OC)c1. The van der Waals surface area contributed by atoms with Crippen LogP contribution in [-0.2, 0) is 6.61 Å².